The lowest BCUT2D eigenvalue weighted by molar-refractivity contribution is 0.779. The summed E-state index contributed by atoms with van der Waals surface area (Å²) >= 11 is 0. The smallest absolute Gasteiger partial charge is 0.128 e. The molecule has 1 rings (SSSR count). The number of rotatable bonds is 1. The van der Waals surface area contributed by atoms with E-state index in [0.717, 1.165) is 5.56 Å². The van der Waals surface area contributed by atoms with Gasteiger partial charge in [0.15, 0.2) is 0 Å². The maximum Gasteiger partial charge on any atom is 0.128 e. The van der Waals surface area contributed by atoms with Gasteiger partial charge in [-0.2, -0.15) is 10.4 Å². The third kappa shape index (κ3) is 1.38. The topological polar surface area (TPSA) is 67.6 Å². The molecular formula is C7H8N4. The van der Waals surface area contributed by atoms with Gasteiger partial charge in [-0.15, -0.1) is 0 Å². The average molecular weight is 148 g/mol. The first-order valence-corrected chi connectivity index (χ1v) is 3.09. The second-order valence-electron chi connectivity index (χ2n) is 2.07. The van der Waals surface area contributed by atoms with Gasteiger partial charge in [0.05, 0.1) is 12.3 Å². The fourth-order valence-electron chi connectivity index (χ4n) is 0.719. The predicted molar refractivity (Wildman–Crippen MR) is 42.3 cm³/mol. The highest BCUT2D eigenvalue weighted by Crippen LogP contribution is 2.10. The molecule has 0 atom stereocenters. The summed E-state index contributed by atoms with van der Waals surface area (Å²) < 4.78 is 1.55. The first-order valence-electron chi connectivity index (χ1n) is 3.09. The van der Waals surface area contributed by atoms with Crippen LogP contribution in [-0.2, 0) is 7.05 Å². The quantitative estimate of drug-likeness (QED) is 0.591. The Morgan fingerprint density at radius 2 is 2.55 bits per heavy atom. The van der Waals surface area contributed by atoms with Gasteiger partial charge >= 0.3 is 0 Å². The van der Waals surface area contributed by atoms with Crippen molar-refractivity contribution < 1.29 is 0 Å². The lowest BCUT2D eigenvalue weighted by Crippen LogP contribution is -1.97. The zero-order valence-corrected chi connectivity index (χ0v) is 6.15. The third-order valence-electron chi connectivity index (χ3n) is 1.35. The number of hydrogen-bond acceptors (Lipinski definition) is 3. The Kier molecular flexibility index (Phi) is 1.93. The molecule has 0 saturated heterocycles. The van der Waals surface area contributed by atoms with Crippen LogP contribution in [0.5, 0.6) is 0 Å². The zero-order valence-electron chi connectivity index (χ0n) is 6.15. The van der Waals surface area contributed by atoms with Gasteiger partial charge in [0.25, 0.3) is 0 Å². The molecule has 56 valence electrons. The Hall–Kier alpha value is -1.76. The molecule has 0 aliphatic rings. The van der Waals surface area contributed by atoms with Crippen LogP contribution in [0.2, 0.25) is 0 Å². The van der Waals surface area contributed by atoms with Gasteiger partial charge in [-0.1, -0.05) is 0 Å². The number of allylic oxidation sites excluding steroid dienone is 1. The summed E-state index contributed by atoms with van der Waals surface area (Å²) in [5.74, 6) is 0.566. The van der Waals surface area contributed by atoms with Gasteiger partial charge in [-0.05, 0) is 6.08 Å². The molecule has 1 aromatic heterocycles. The van der Waals surface area contributed by atoms with Crippen LogP contribution in [0.15, 0.2) is 12.3 Å². The minimum Gasteiger partial charge on any atom is -0.383 e. The Morgan fingerprint density at radius 3 is 3.00 bits per heavy atom. The van der Waals surface area contributed by atoms with Crippen LogP contribution < -0.4 is 5.73 Å². The van der Waals surface area contributed by atoms with Crippen LogP contribution in [0.3, 0.4) is 0 Å². The van der Waals surface area contributed by atoms with E-state index in [4.69, 9.17) is 11.0 Å². The lowest BCUT2D eigenvalue weighted by Gasteiger charge is -1.92. The van der Waals surface area contributed by atoms with Crippen LogP contribution >= 0.6 is 0 Å². The number of aromatic nitrogens is 2. The van der Waals surface area contributed by atoms with Gasteiger partial charge in [-0.25, -0.2) is 0 Å². The molecule has 0 aromatic carbocycles. The van der Waals surface area contributed by atoms with E-state index in [1.165, 1.54) is 6.08 Å². The monoisotopic (exact) mass is 148 g/mol. The fraction of sp³-hybridized carbons (Fsp3) is 0.143. The predicted octanol–water partition coefficient (Wildman–Crippen LogP) is 0.539. The number of hydrogen-bond donors (Lipinski definition) is 1. The summed E-state index contributed by atoms with van der Waals surface area (Å²) in [6.07, 6.45) is 4.61. The first-order chi connectivity index (χ1) is 5.25. The Labute approximate surface area is 64.5 Å². The van der Waals surface area contributed by atoms with E-state index in [2.05, 4.69) is 5.10 Å². The lowest BCUT2D eigenvalue weighted by atomic mass is 10.3. The molecule has 4 heteroatoms. The van der Waals surface area contributed by atoms with Crippen molar-refractivity contribution in [1.82, 2.24) is 9.78 Å². The highest BCUT2D eigenvalue weighted by atomic mass is 15.3. The largest absolute Gasteiger partial charge is 0.383 e. The summed E-state index contributed by atoms with van der Waals surface area (Å²) in [5, 5.41) is 12.1. The minimum atomic E-state index is 0.566. The Bertz CT molecular complexity index is 316. The normalized spacial score (nSPS) is 10.2. The van der Waals surface area contributed by atoms with Crippen LogP contribution in [0.1, 0.15) is 5.56 Å². The van der Waals surface area contributed by atoms with E-state index < -0.39 is 0 Å². The average Bonchev–Trinajstić information content (AvgIpc) is 2.31. The highest BCUT2D eigenvalue weighted by molar-refractivity contribution is 5.61. The Morgan fingerprint density at radius 1 is 1.82 bits per heavy atom. The van der Waals surface area contributed by atoms with Crippen LogP contribution in [-0.4, -0.2) is 9.78 Å². The Balaban J connectivity index is 2.98. The zero-order chi connectivity index (χ0) is 8.27. The molecule has 2 N–H and O–H groups in total. The molecule has 0 aliphatic heterocycles. The molecule has 0 bridgehead atoms. The van der Waals surface area contributed by atoms with Crippen molar-refractivity contribution in [3.8, 4) is 6.07 Å². The molecule has 1 heterocycles. The summed E-state index contributed by atoms with van der Waals surface area (Å²) in [4.78, 5) is 0. The maximum absolute atomic E-state index is 8.22. The van der Waals surface area contributed by atoms with E-state index >= 15 is 0 Å². The van der Waals surface area contributed by atoms with Crippen molar-refractivity contribution in [2.75, 3.05) is 5.73 Å². The number of nitrogens with two attached hydrogens (primary N) is 1. The van der Waals surface area contributed by atoms with E-state index in [0.29, 0.717) is 5.82 Å². The molecule has 11 heavy (non-hydrogen) atoms. The van der Waals surface area contributed by atoms with Gasteiger partial charge in [-0.3, -0.25) is 4.68 Å². The van der Waals surface area contributed by atoms with Crippen molar-refractivity contribution in [2.24, 2.45) is 7.05 Å². The fourth-order valence-corrected chi connectivity index (χ4v) is 0.719. The summed E-state index contributed by atoms with van der Waals surface area (Å²) in [7, 11) is 1.75. The highest BCUT2D eigenvalue weighted by Gasteiger charge is 1.98. The van der Waals surface area contributed by atoms with Crippen molar-refractivity contribution in [3.63, 3.8) is 0 Å². The molecule has 1 aromatic rings. The number of nitrogens with zero attached hydrogens (tertiary/aromatic N) is 3. The second kappa shape index (κ2) is 2.88. The van der Waals surface area contributed by atoms with Crippen molar-refractivity contribution >= 4 is 11.9 Å². The number of nitrogen functional groups attached to an aromatic ring is 1. The maximum atomic E-state index is 8.22. The van der Waals surface area contributed by atoms with Gasteiger partial charge in [0, 0.05) is 18.7 Å². The second-order valence-corrected chi connectivity index (χ2v) is 2.07. The van der Waals surface area contributed by atoms with Crippen LogP contribution in [0.25, 0.3) is 6.08 Å². The standard InChI is InChI=1S/C7H8N4/c1-11-7(9)6(5-10-11)3-2-4-8/h2-3,5H,9H2,1H3. The van der Waals surface area contributed by atoms with E-state index in [1.807, 2.05) is 6.07 Å². The molecule has 0 aliphatic carbocycles. The van der Waals surface area contributed by atoms with Gasteiger partial charge in [0.2, 0.25) is 0 Å². The summed E-state index contributed by atoms with van der Waals surface area (Å²) in [6.45, 7) is 0. The van der Waals surface area contributed by atoms with Crippen molar-refractivity contribution in [1.29, 1.82) is 5.26 Å². The van der Waals surface area contributed by atoms with Gasteiger partial charge < -0.3 is 5.73 Å². The van der Waals surface area contributed by atoms with Crippen LogP contribution in [0, 0.1) is 11.3 Å². The molecule has 0 amide bonds. The SMILES string of the molecule is Cn1ncc(C=CC#N)c1N. The van der Waals surface area contributed by atoms with Gasteiger partial charge in [0.1, 0.15) is 5.82 Å². The number of anilines is 1. The first kappa shape index (κ1) is 7.35. The third-order valence-corrected chi connectivity index (χ3v) is 1.35. The van der Waals surface area contributed by atoms with Crippen LogP contribution in [0.4, 0.5) is 5.82 Å². The van der Waals surface area contributed by atoms with E-state index in [-0.39, 0.29) is 0 Å². The molecule has 0 unspecified atom stereocenters. The minimum absolute atomic E-state index is 0.566. The van der Waals surface area contributed by atoms with E-state index in [1.54, 1.807) is 24.0 Å². The molecule has 4 nitrogen and oxygen atoms in total. The van der Waals surface area contributed by atoms with E-state index in [9.17, 15) is 0 Å². The molecule has 0 spiro atoms. The number of aryl methyl sites for hydroxylation is 1. The molecule has 0 saturated carbocycles. The summed E-state index contributed by atoms with van der Waals surface area (Å²) in [6, 6.07) is 1.88. The molecular weight excluding hydrogens is 140 g/mol. The number of nitriles is 1. The summed E-state index contributed by atoms with van der Waals surface area (Å²) in [5.41, 5.74) is 6.36. The van der Waals surface area contributed by atoms with Crippen molar-refractivity contribution in [2.45, 2.75) is 0 Å². The molecule has 0 radical (unpaired) electrons. The molecule has 0 fully saturated rings. The van der Waals surface area contributed by atoms with Crippen molar-refractivity contribution in [3.05, 3.63) is 17.8 Å².